The molecule has 0 saturated carbocycles. The van der Waals surface area contributed by atoms with E-state index in [1.807, 2.05) is 24.3 Å². The number of nitrogens with two attached hydrogens (primary N) is 1. The number of hydrogen-bond acceptors (Lipinski definition) is 3. The zero-order chi connectivity index (χ0) is 13.7. The van der Waals surface area contributed by atoms with Crippen molar-refractivity contribution in [2.45, 2.75) is 31.8 Å². The minimum atomic E-state index is -0.385. The summed E-state index contributed by atoms with van der Waals surface area (Å²) in [6.45, 7) is 1.19. The highest BCUT2D eigenvalue weighted by atomic mass is 16.2. The molecule has 0 radical (unpaired) electrons. The SMILES string of the molecule is NCc1ccc(CC(=O)NC2CCCNC2=O)cc1. The average molecular weight is 261 g/mol. The monoisotopic (exact) mass is 261 g/mol. The van der Waals surface area contributed by atoms with Crippen LogP contribution in [0.4, 0.5) is 0 Å². The third kappa shape index (κ3) is 3.79. The van der Waals surface area contributed by atoms with Gasteiger partial charge in [0.1, 0.15) is 6.04 Å². The Morgan fingerprint density at radius 1 is 1.32 bits per heavy atom. The fraction of sp³-hybridized carbons (Fsp3) is 0.429. The second-order valence-electron chi connectivity index (χ2n) is 4.75. The van der Waals surface area contributed by atoms with E-state index in [4.69, 9.17) is 5.73 Å². The highest BCUT2D eigenvalue weighted by Gasteiger charge is 2.23. The molecule has 19 heavy (non-hydrogen) atoms. The molecule has 0 aliphatic carbocycles. The Hall–Kier alpha value is -1.88. The Kier molecular flexibility index (Phi) is 4.52. The van der Waals surface area contributed by atoms with Gasteiger partial charge in [0, 0.05) is 13.1 Å². The van der Waals surface area contributed by atoms with Crippen LogP contribution in [0.1, 0.15) is 24.0 Å². The van der Waals surface area contributed by atoms with Crippen molar-refractivity contribution in [3.8, 4) is 0 Å². The maximum Gasteiger partial charge on any atom is 0.242 e. The van der Waals surface area contributed by atoms with E-state index in [0.29, 0.717) is 19.5 Å². The smallest absolute Gasteiger partial charge is 0.242 e. The third-order valence-corrected chi connectivity index (χ3v) is 3.24. The van der Waals surface area contributed by atoms with Gasteiger partial charge in [-0.25, -0.2) is 0 Å². The molecule has 1 aromatic rings. The molecule has 0 aromatic heterocycles. The van der Waals surface area contributed by atoms with Gasteiger partial charge >= 0.3 is 0 Å². The first-order valence-electron chi connectivity index (χ1n) is 6.54. The number of hydrogen-bond donors (Lipinski definition) is 3. The number of carbonyl (C=O) groups excluding carboxylic acids is 2. The molecule has 102 valence electrons. The topological polar surface area (TPSA) is 84.2 Å². The highest BCUT2D eigenvalue weighted by molar-refractivity contribution is 5.88. The van der Waals surface area contributed by atoms with Crippen LogP contribution in [0.2, 0.25) is 0 Å². The molecule has 1 aliphatic rings. The Morgan fingerprint density at radius 3 is 2.63 bits per heavy atom. The van der Waals surface area contributed by atoms with Crippen molar-refractivity contribution in [3.63, 3.8) is 0 Å². The Morgan fingerprint density at radius 2 is 2.00 bits per heavy atom. The van der Waals surface area contributed by atoms with Crippen LogP contribution >= 0.6 is 0 Å². The quantitative estimate of drug-likeness (QED) is 0.718. The lowest BCUT2D eigenvalue weighted by Gasteiger charge is -2.22. The molecule has 2 amide bonds. The molecular formula is C14H19N3O2. The van der Waals surface area contributed by atoms with E-state index in [-0.39, 0.29) is 24.3 Å². The molecule has 1 heterocycles. The molecule has 1 atom stereocenters. The van der Waals surface area contributed by atoms with Crippen molar-refractivity contribution in [2.75, 3.05) is 6.54 Å². The molecule has 5 nitrogen and oxygen atoms in total. The van der Waals surface area contributed by atoms with Crippen LogP contribution in [0, 0.1) is 0 Å². The fourth-order valence-corrected chi connectivity index (χ4v) is 2.13. The van der Waals surface area contributed by atoms with Gasteiger partial charge in [-0.2, -0.15) is 0 Å². The largest absolute Gasteiger partial charge is 0.354 e. The van der Waals surface area contributed by atoms with Crippen molar-refractivity contribution in [1.82, 2.24) is 10.6 Å². The minimum Gasteiger partial charge on any atom is -0.354 e. The first-order valence-corrected chi connectivity index (χ1v) is 6.54. The molecule has 5 heteroatoms. The first kappa shape index (κ1) is 13.5. The van der Waals surface area contributed by atoms with Crippen molar-refractivity contribution in [3.05, 3.63) is 35.4 Å². The van der Waals surface area contributed by atoms with Gasteiger partial charge in [-0.05, 0) is 24.0 Å². The van der Waals surface area contributed by atoms with Gasteiger partial charge in [-0.1, -0.05) is 24.3 Å². The third-order valence-electron chi connectivity index (χ3n) is 3.24. The van der Waals surface area contributed by atoms with Crippen molar-refractivity contribution >= 4 is 11.8 Å². The van der Waals surface area contributed by atoms with Crippen molar-refractivity contribution < 1.29 is 9.59 Å². The lowest BCUT2D eigenvalue weighted by Crippen LogP contribution is -2.50. The number of amides is 2. The summed E-state index contributed by atoms with van der Waals surface area (Å²) in [7, 11) is 0. The summed E-state index contributed by atoms with van der Waals surface area (Å²) in [5, 5.41) is 5.52. The summed E-state index contributed by atoms with van der Waals surface area (Å²) in [6.07, 6.45) is 1.90. The Bertz CT molecular complexity index is 456. The lowest BCUT2D eigenvalue weighted by atomic mass is 10.1. The summed E-state index contributed by atoms with van der Waals surface area (Å²) < 4.78 is 0. The summed E-state index contributed by atoms with van der Waals surface area (Å²) in [5.74, 6) is -0.208. The molecule has 1 aromatic carbocycles. The molecular weight excluding hydrogens is 242 g/mol. The van der Waals surface area contributed by atoms with Crippen molar-refractivity contribution in [2.24, 2.45) is 5.73 Å². The number of piperidine rings is 1. The van der Waals surface area contributed by atoms with Gasteiger partial charge in [0.2, 0.25) is 11.8 Å². The van der Waals surface area contributed by atoms with Gasteiger partial charge in [0.05, 0.1) is 6.42 Å². The summed E-state index contributed by atoms with van der Waals surface area (Å²) >= 11 is 0. The number of carbonyl (C=O) groups is 2. The summed E-state index contributed by atoms with van der Waals surface area (Å²) in [6, 6.07) is 7.22. The van der Waals surface area contributed by atoms with E-state index >= 15 is 0 Å². The molecule has 1 unspecified atom stereocenters. The van der Waals surface area contributed by atoms with Crippen LogP contribution in [-0.4, -0.2) is 24.4 Å². The van der Waals surface area contributed by atoms with E-state index in [9.17, 15) is 9.59 Å². The van der Waals surface area contributed by atoms with Crippen LogP contribution in [0.15, 0.2) is 24.3 Å². The number of rotatable bonds is 4. The maximum absolute atomic E-state index is 11.9. The molecule has 1 fully saturated rings. The molecule has 2 rings (SSSR count). The minimum absolute atomic E-state index is 0.0851. The molecule has 4 N–H and O–H groups in total. The molecule has 0 bridgehead atoms. The predicted octanol–water partition coefficient (Wildman–Crippen LogP) is 0.0826. The summed E-state index contributed by atoms with van der Waals surface area (Å²) in [4.78, 5) is 23.4. The van der Waals surface area contributed by atoms with Crippen LogP contribution in [0.3, 0.4) is 0 Å². The second kappa shape index (κ2) is 6.33. The van der Waals surface area contributed by atoms with Crippen LogP contribution in [0.5, 0.6) is 0 Å². The molecule has 1 saturated heterocycles. The normalized spacial score (nSPS) is 18.8. The predicted molar refractivity (Wildman–Crippen MR) is 72.2 cm³/mol. The van der Waals surface area contributed by atoms with Gasteiger partial charge < -0.3 is 16.4 Å². The zero-order valence-corrected chi connectivity index (χ0v) is 10.8. The van der Waals surface area contributed by atoms with E-state index in [1.54, 1.807) is 0 Å². The van der Waals surface area contributed by atoms with Crippen LogP contribution in [-0.2, 0) is 22.6 Å². The fourth-order valence-electron chi connectivity index (χ4n) is 2.13. The van der Waals surface area contributed by atoms with Gasteiger partial charge in [0.25, 0.3) is 0 Å². The second-order valence-corrected chi connectivity index (χ2v) is 4.75. The van der Waals surface area contributed by atoms with Crippen LogP contribution in [0.25, 0.3) is 0 Å². The molecule has 0 spiro atoms. The van der Waals surface area contributed by atoms with Crippen LogP contribution < -0.4 is 16.4 Å². The lowest BCUT2D eigenvalue weighted by molar-refractivity contribution is -0.129. The Balaban J connectivity index is 1.87. The van der Waals surface area contributed by atoms with E-state index < -0.39 is 0 Å². The van der Waals surface area contributed by atoms with E-state index in [1.165, 1.54) is 0 Å². The van der Waals surface area contributed by atoms with E-state index in [0.717, 1.165) is 17.5 Å². The van der Waals surface area contributed by atoms with Crippen molar-refractivity contribution in [1.29, 1.82) is 0 Å². The van der Waals surface area contributed by atoms with Gasteiger partial charge in [0.15, 0.2) is 0 Å². The number of benzene rings is 1. The van der Waals surface area contributed by atoms with Gasteiger partial charge in [-0.3, -0.25) is 9.59 Å². The highest BCUT2D eigenvalue weighted by Crippen LogP contribution is 2.06. The average Bonchev–Trinajstić information content (AvgIpc) is 2.42. The van der Waals surface area contributed by atoms with Gasteiger partial charge in [-0.15, -0.1) is 0 Å². The zero-order valence-electron chi connectivity index (χ0n) is 10.8. The molecule has 1 aliphatic heterocycles. The maximum atomic E-state index is 11.9. The standard InChI is InChI=1S/C14H19N3O2/c15-9-11-5-3-10(4-6-11)8-13(18)17-12-2-1-7-16-14(12)19/h3-6,12H,1-2,7-9,15H2,(H,16,19)(H,17,18). The Labute approximate surface area is 112 Å². The number of nitrogens with one attached hydrogen (secondary N) is 2. The first-order chi connectivity index (χ1) is 9.19. The summed E-state index contributed by atoms with van der Waals surface area (Å²) in [5.41, 5.74) is 7.48. The van der Waals surface area contributed by atoms with E-state index in [2.05, 4.69) is 10.6 Å².